The molecule has 1 aromatic heterocycles. The van der Waals surface area contributed by atoms with Gasteiger partial charge in [-0.25, -0.2) is 0 Å². The molecule has 0 saturated carbocycles. The highest BCUT2D eigenvalue weighted by atomic mass is 14.9. The smallest absolute Gasteiger partial charge is 0.0579 e. The van der Waals surface area contributed by atoms with Gasteiger partial charge in [0, 0.05) is 26.0 Å². The first-order chi connectivity index (χ1) is 10.3. The monoisotopic (exact) mass is 276 g/mol. The molecule has 0 amide bonds. The standard InChI is InChI=1S/C19H20N2/c1-21-13-12-16(15-21)14-20-19(17-8-4-2-5-9-17)18-10-6-3-7-11-18/h2-13,15,19-20H,14H2,1H3. The molecule has 2 nitrogen and oxygen atoms in total. The van der Waals surface area contributed by atoms with Crippen molar-refractivity contribution >= 4 is 0 Å². The molecule has 0 aliphatic rings. The third-order valence-electron chi connectivity index (χ3n) is 3.67. The first-order valence-electron chi connectivity index (χ1n) is 7.27. The maximum atomic E-state index is 3.67. The van der Waals surface area contributed by atoms with Crippen molar-refractivity contribution in [3.63, 3.8) is 0 Å². The van der Waals surface area contributed by atoms with Crippen LogP contribution in [0.5, 0.6) is 0 Å². The van der Waals surface area contributed by atoms with Crippen LogP contribution in [-0.2, 0) is 13.6 Å². The molecule has 3 rings (SSSR count). The fraction of sp³-hybridized carbons (Fsp3) is 0.158. The molecule has 0 saturated heterocycles. The summed E-state index contributed by atoms with van der Waals surface area (Å²) in [7, 11) is 2.05. The molecular formula is C19H20N2. The highest BCUT2D eigenvalue weighted by molar-refractivity contribution is 5.31. The van der Waals surface area contributed by atoms with Crippen molar-refractivity contribution < 1.29 is 0 Å². The highest BCUT2D eigenvalue weighted by Crippen LogP contribution is 2.22. The predicted octanol–water partition coefficient (Wildman–Crippen LogP) is 3.90. The molecule has 2 heteroatoms. The maximum Gasteiger partial charge on any atom is 0.0579 e. The van der Waals surface area contributed by atoms with E-state index in [0.717, 1.165) is 6.54 Å². The van der Waals surface area contributed by atoms with Crippen molar-refractivity contribution in [3.8, 4) is 0 Å². The molecule has 21 heavy (non-hydrogen) atoms. The average molecular weight is 276 g/mol. The van der Waals surface area contributed by atoms with E-state index in [2.05, 4.69) is 96.1 Å². The number of hydrogen-bond donors (Lipinski definition) is 1. The largest absolute Gasteiger partial charge is 0.357 e. The van der Waals surface area contributed by atoms with Crippen molar-refractivity contribution in [3.05, 3.63) is 95.8 Å². The van der Waals surface area contributed by atoms with E-state index in [4.69, 9.17) is 0 Å². The van der Waals surface area contributed by atoms with Gasteiger partial charge in [0.05, 0.1) is 6.04 Å². The summed E-state index contributed by atoms with van der Waals surface area (Å²) in [5.41, 5.74) is 3.88. The second-order valence-corrected chi connectivity index (χ2v) is 5.32. The van der Waals surface area contributed by atoms with Crippen LogP contribution in [0.25, 0.3) is 0 Å². The van der Waals surface area contributed by atoms with Crippen LogP contribution < -0.4 is 5.32 Å². The molecule has 0 bridgehead atoms. The van der Waals surface area contributed by atoms with Gasteiger partial charge in [0.1, 0.15) is 0 Å². The Balaban J connectivity index is 1.83. The van der Waals surface area contributed by atoms with Crippen LogP contribution in [0.2, 0.25) is 0 Å². The molecule has 0 radical (unpaired) electrons. The fourth-order valence-corrected chi connectivity index (χ4v) is 2.60. The highest BCUT2D eigenvalue weighted by Gasteiger charge is 2.12. The van der Waals surface area contributed by atoms with E-state index < -0.39 is 0 Å². The van der Waals surface area contributed by atoms with Gasteiger partial charge in [-0.3, -0.25) is 0 Å². The lowest BCUT2D eigenvalue weighted by Crippen LogP contribution is -2.21. The summed E-state index contributed by atoms with van der Waals surface area (Å²) >= 11 is 0. The summed E-state index contributed by atoms with van der Waals surface area (Å²) in [4.78, 5) is 0. The molecule has 0 spiro atoms. The van der Waals surface area contributed by atoms with Gasteiger partial charge in [0.25, 0.3) is 0 Å². The van der Waals surface area contributed by atoms with E-state index >= 15 is 0 Å². The average Bonchev–Trinajstić information content (AvgIpc) is 2.95. The molecule has 1 N–H and O–H groups in total. The zero-order valence-electron chi connectivity index (χ0n) is 12.2. The molecule has 1 heterocycles. The number of rotatable bonds is 5. The molecule has 0 unspecified atom stereocenters. The Morgan fingerprint density at radius 3 is 1.90 bits per heavy atom. The third-order valence-corrected chi connectivity index (χ3v) is 3.67. The van der Waals surface area contributed by atoms with E-state index in [0.29, 0.717) is 0 Å². The maximum absolute atomic E-state index is 3.67. The Bertz CT molecular complexity index is 632. The zero-order valence-corrected chi connectivity index (χ0v) is 12.2. The number of nitrogens with one attached hydrogen (secondary N) is 1. The summed E-state index contributed by atoms with van der Waals surface area (Å²) in [5, 5.41) is 3.67. The molecule has 0 fully saturated rings. The van der Waals surface area contributed by atoms with Gasteiger partial charge in [-0.2, -0.15) is 0 Å². The number of nitrogens with zero attached hydrogens (tertiary/aromatic N) is 1. The van der Waals surface area contributed by atoms with Crippen molar-refractivity contribution in [1.82, 2.24) is 9.88 Å². The van der Waals surface area contributed by atoms with E-state index in [9.17, 15) is 0 Å². The van der Waals surface area contributed by atoms with Crippen LogP contribution >= 0.6 is 0 Å². The van der Waals surface area contributed by atoms with Gasteiger partial charge >= 0.3 is 0 Å². The normalized spacial score (nSPS) is 11.0. The van der Waals surface area contributed by atoms with Gasteiger partial charge < -0.3 is 9.88 Å². The molecular weight excluding hydrogens is 256 g/mol. The molecule has 3 aromatic rings. The van der Waals surface area contributed by atoms with Crippen molar-refractivity contribution in [1.29, 1.82) is 0 Å². The van der Waals surface area contributed by atoms with E-state index in [1.807, 2.05) is 0 Å². The lowest BCUT2D eigenvalue weighted by atomic mass is 9.98. The Hall–Kier alpha value is -2.32. The Morgan fingerprint density at radius 1 is 0.857 bits per heavy atom. The molecule has 0 aliphatic heterocycles. The minimum Gasteiger partial charge on any atom is -0.357 e. The number of aryl methyl sites for hydroxylation is 1. The van der Waals surface area contributed by atoms with Gasteiger partial charge in [-0.1, -0.05) is 60.7 Å². The molecule has 2 aromatic carbocycles. The Kier molecular flexibility index (Phi) is 4.17. The van der Waals surface area contributed by atoms with Crippen LogP contribution in [0.1, 0.15) is 22.7 Å². The van der Waals surface area contributed by atoms with Crippen molar-refractivity contribution in [2.75, 3.05) is 0 Å². The van der Waals surface area contributed by atoms with Gasteiger partial charge in [0.15, 0.2) is 0 Å². The number of aromatic nitrogens is 1. The quantitative estimate of drug-likeness (QED) is 0.747. The molecule has 106 valence electrons. The number of hydrogen-bond acceptors (Lipinski definition) is 1. The van der Waals surface area contributed by atoms with Gasteiger partial charge in [-0.15, -0.1) is 0 Å². The predicted molar refractivity (Wildman–Crippen MR) is 87.0 cm³/mol. The lowest BCUT2D eigenvalue weighted by molar-refractivity contribution is 0.605. The van der Waals surface area contributed by atoms with Crippen LogP contribution in [0.15, 0.2) is 79.1 Å². The third kappa shape index (κ3) is 3.41. The van der Waals surface area contributed by atoms with E-state index in [1.54, 1.807) is 0 Å². The summed E-state index contributed by atoms with van der Waals surface area (Å²) in [6.45, 7) is 0.856. The second-order valence-electron chi connectivity index (χ2n) is 5.32. The summed E-state index contributed by atoms with van der Waals surface area (Å²) in [6, 6.07) is 23.6. The van der Waals surface area contributed by atoms with Crippen molar-refractivity contribution in [2.45, 2.75) is 12.6 Å². The van der Waals surface area contributed by atoms with Gasteiger partial charge in [-0.05, 0) is 22.8 Å². The van der Waals surface area contributed by atoms with Crippen LogP contribution in [0, 0.1) is 0 Å². The molecule has 0 atom stereocenters. The fourth-order valence-electron chi connectivity index (χ4n) is 2.60. The van der Waals surface area contributed by atoms with E-state index in [1.165, 1.54) is 16.7 Å². The van der Waals surface area contributed by atoms with Crippen LogP contribution in [0.4, 0.5) is 0 Å². The first kappa shape index (κ1) is 13.7. The topological polar surface area (TPSA) is 17.0 Å². The molecule has 0 aliphatic carbocycles. The summed E-state index contributed by atoms with van der Waals surface area (Å²) in [6.07, 6.45) is 4.23. The van der Waals surface area contributed by atoms with E-state index in [-0.39, 0.29) is 6.04 Å². The minimum absolute atomic E-state index is 0.215. The second kappa shape index (κ2) is 6.42. The lowest BCUT2D eigenvalue weighted by Gasteiger charge is -2.19. The summed E-state index contributed by atoms with van der Waals surface area (Å²) in [5.74, 6) is 0. The van der Waals surface area contributed by atoms with Crippen molar-refractivity contribution in [2.24, 2.45) is 7.05 Å². The Labute approximate surface area is 126 Å². The van der Waals surface area contributed by atoms with Crippen LogP contribution in [0.3, 0.4) is 0 Å². The Morgan fingerprint density at radius 2 is 1.43 bits per heavy atom. The number of benzene rings is 2. The first-order valence-corrected chi connectivity index (χ1v) is 7.27. The summed E-state index contributed by atoms with van der Waals surface area (Å²) < 4.78 is 2.08. The SMILES string of the molecule is Cn1ccc(CNC(c2ccccc2)c2ccccc2)c1. The van der Waals surface area contributed by atoms with Gasteiger partial charge in [0.2, 0.25) is 0 Å². The minimum atomic E-state index is 0.215. The zero-order chi connectivity index (χ0) is 14.5. The van der Waals surface area contributed by atoms with Crippen LogP contribution in [-0.4, -0.2) is 4.57 Å².